The molecule has 2 aromatic rings. The van der Waals surface area contributed by atoms with Crippen LogP contribution in [-0.2, 0) is 4.74 Å². The number of morpholine rings is 1. The molecule has 1 N–H and O–H groups in total. The maximum Gasteiger partial charge on any atom is 0.256 e. The third kappa shape index (κ3) is 4.59. The topological polar surface area (TPSA) is 46.9 Å². The Labute approximate surface area is 167 Å². The Morgan fingerprint density at radius 3 is 2.86 bits per heavy atom. The van der Waals surface area contributed by atoms with Crippen LogP contribution >= 0.6 is 0 Å². The van der Waals surface area contributed by atoms with Crippen LogP contribution in [0.5, 0.6) is 0 Å². The lowest BCUT2D eigenvalue weighted by molar-refractivity contribution is -0.907. The highest BCUT2D eigenvalue weighted by Crippen LogP contribution is 2.22. The van der Waals surface area contributed by atoms with Gasteiger partial charge in [-0.2, -0.15) is 0 Å². The minimum atomic E-state index is 0.117. The molecule has 148 valence electrons. The highest BCUT2D eigenvalue weighted by atomic mass is 16.5. The van der Waals surface area contributed by atoms with Crippen LogP contribution in [0.3, 0.4) is 0 Å². The summed E-state index contributed by atoms with van der Waals surface area (Å²) in [5, 5.41) is 1.02. The molecule has 1 atom stereocenters. The molecule has 1 saturated heterocycles. The van der Waals surface area contributed by atoms with Crippen molar-refractivity contribution in [1.29, 1.82) is 0 Å². The van der Waals surface area contributed by atoms with Gasteiger partial charge in [-0.05, 0) is 37.3 Å². The van der Waals surface area contributed by atoms with E-state index in [4.69, 9.17) is 4.74 Å². The van der Waals surface area contributed by atoms with Crippen LogP contribution in [0.15, 0.2) is 48.7 Å². The maximum absolute atomic E-state index is 13.5. The second-order valence-corrected chi connectivity index (χ2v) is 7.89. The van der Waals surface area contributed by atoms with Crippen LogP contribution < -0.4 is 4.90 Å². The Morgan fingerprint density at radius 1 is 1.18 bits per heavy atom. The van der Waals surface area contributed by atoms with E-state index in [1.165, 1.54) is 11.3 Å². The second-order valence-electron chi connectivity index (χ2n) is 7.89. The number of pyridine rings is 1. The van der Waals surface area contributed by atoms with Crippen molar-refractivity contribution in [1.82, 2.24) is 9.88 Å². The number of benzene rings is 1. The number of hydrogen-bond donors (Lipinski definition) is 1. The van der Waals surface area contributed by atoms with Gasteiger partial charge in [-0.15, -0.1) is 0 Å². The predicted molar refractivity (Wildman–Crippen MR) is 111 cm³/mol. The van der Waals surface area contributed by atoms with Gasteiger partial charge in [0.1, 0.15) is 13.1 Å². The monoisotopic (exact) mass is 380 g/mol. The van der Waals surface area contributed by atoms with Crippen molar-refractivity contribution < 1.29 is 14.4 Å². The molecule has 4 rings (SSSR count). The fourth-order valence-corrected chi connectivity index (χ4v) is 4.26. The number of allylic oxidation sites excluding steroid dienone is 2. The van der Waals surface area contributed by atoms with Crippen molar-refractivity contribution >= 4 is 16.8 Å². The summed E-state index contributed by atoms with van der Waals surface area (Å²) in [7, 11) is 0. The molecule has 5 heteroatoms. The average Bonchev–Trinajstić information content (AvgIpc) is 2.77. The number of nitrogens with one attached hydrogen (secondary N) is 1. The normalized spacial score (nSPS) is 20.4. The summed E-state index contributed by atoms with van der Waals surface area (Å²) in [6.07, 6.45) is 9.66. The summed E-state index contributed by atoms with van der Waals surface area (Å²) in [6.45, 7) is 6.31. The van der Waals surface area contributed by atoms with Crippen LogP contribution in [0.25, 0.3) is 10.9 Å². The van der Waals surface area contributed by atoms with Gasteiger partial charge in [0.25, 0.3) is 5.91 Å². The number of quaternary nitrogens is 1. The third-order valence-corrected chi connectivity index (χ3v) is 5.94. The Morgan fingerprint density at radius 2 is 2.04 bits per heavy atom. The zero-order valence-electron chi connectivity index (χ0n) is 16.5. The minimum Gasteiger partial charge on any atom is -0.370 e. The predicted octanol–water partition coefficient (Wildman–Crippen LogP) is 1.95. The van der Waals surface area contributed by atoms with Gasteiger partial charge in [0.15, 0.2) is 0 Å². The van der Waals surface area contributed by atoms with E-state index < -0.39 is 0 Å². The summed E-state index contributed by atoms with van der Waals surface area (Å²) < 4.78 is 5.48. The van der Waals surface area contributed by atoms with Gasteiger partial charge in [0, 0.05) is 18.1 Å². The fourth-order valence-electron chi connectivity index (χ4n) is 4.26. The largest absolute Gasteiger partial charge is 0.370 e. The van der Waals surface area contributed by atoms with Crippen molar-refractivity contribution in [2.45, 2.75) is 19.3 Å². The Balaban J connectivity index is 1.53. The SMILES string of the molecule is O=C(c1cccc2cccnc12)N(CC[NH+]1CCOCC1)C[C@H]1CC=CCC1. The van der Waals surface area contributed by atoms with Crippen LogP contribution in [-0.4, -0.2) is 61.7 Å². The molecule has 0 radical (unpaired) electrons. The van der Waals surface area contributed by atoms with Gasteiger partial charge >= 0.3 is 0 Å². The van der Waals surface area contributed by atoms with Crippen molar-refractivity contribution in [3.05, 3.63) is 54.2 Å². The number of para-hydroxylation sites is 1. The van der Waals surface area contributed by atoms with Gasteiger partial charge < -0.3 is 14.5 Å². The first kappa shape index (κ1) is 19.1. The molecule has 1 amide bonds. The molecule has 0 saturated carbocycles. The molecule has 28 heavy (non-hydrogen) atoms. The van der Waals surface area contributed by atoms with E-state index in [1.54, 1.807) is 6.20 Å². The van der Waals surface area contributed by atoms with E-state index in [0.717, 1.165) is 75.2 Å². The lowest BCUT2D eigenvalue weighted by atomic mass is 9.93. The first-order chi connectivity index (χ1) is 13.8. The van der Waals surface area contributed by atoms with Gasteiger partial charge in [0.05, 0.1) is 37.4 Å². The first-order valence-corrected chi connectivity index (χ1v) is 10.5. The van der Waals surface area contributed by atoms with Gasteiger partial charge in [0.2, 0.25) is 0 Å². The van der Waals surface area contributed by atoms with E-state index in [1.807, 2.05) is 30.3 Å². The Bertz CT molecular complexity index is 824. The molecule has 0 bridgehead atoms. The van der Waals surface area contributed by atoms with Crippen molar-refractivity contribution in [3.8, 4) is 0 Å². The van der Waals surface area contributed by atoms with Crippen LogP contribution in [0.2, 0.25) is 0 Å². The molecule has 5 nitrogen and oxygen atoms in total. The number of ether oxygens (including phenoxy) is 1. The zero-order valence-corrected chi connectivity index (χ0v) is 16.5. The number of amides is 1. The molecule has 2 aliphatic rings. The summed E-state index contributed by atoms with van der Waals surface area (Å²) in [6, 6.07) is 9.85. The van der Waals surface area contributed by atoms with Crippen molar-refractivity contribution in [2.75, 3.05) is 45.9 Å². The molecule has 1 fully saturated rings. The number of carbonyl (C=O) groups is 1. The summed E-state index contributed by atoms with van der Waals surface area (Å²) in [4.78, 5) is 21.7. The average molecular weight is 381 g/mol. The molecule has 1 aliphatic carbocycles. The lowest BCUT2D eigenvalue weighted by Gasteiger charge is -2.31. The number of nitrogens with zero attached hydrogens (tertiary/aromatic N) is 2. The molecule has 2 heterocycles. The number of fused-ring (bicyclic) bond motifs is 1. The highest BCUT2D eigenvalue weighted by Gasteiger charge is 2.24. The summed E-state index contributed by atoms with van der Waals surface area (Å²) in [5.74, 6) is 0.670. The van der Waals surface area contributed by atoms with E-state index in [-0.39, 0.29) is 5.91 Å². The summed E-state index contributed by atoms with van der Waals surface area (Å²) in [5.41, 5.74) is 1.53. The first-order valence-electron chi connectivity index (χ1n) is 10.5. The van der Waals surface area contributed by atoms with Gasteiger partial charge in [-0.25, -0.2) is 0 Å². The molecular formula is C23H30N3O2+. The maximum atomic E-state index is 13.5. The smallest absolute Gasteiger partial charge is 0.256 e. The van der Waals surface area contributed by atoms with E-state index in [0.29, 0.717) is 5.92 Å². The number of hydrogen-bond acceptors (Lipinski definition) is 3. The minimum absolute atomic E-state index is 0.117. The van der Waals surface area contributed by atoms with Crippen LogP contribution in [0.4, 0.5) is 0 Å². The van der Waals surface area contributed by atoms with Crippen molar-refractivity contribution in [3.63, 3.8) is 0 Å². The molecule has 1 aromatic carbocycles. The lowest BCUT2D eigenvalue weighted by Crippen LogP contribution is -3.14. The third-order valence-electron chi connectivity index (χ3n) is 5.94. The van der Waals surface area contributed by atoms with E-state index in [2.05, 4.69) is 22.0 Å². The number of aromatic nitrogens is 1. The van der Waals surface area contributed by atoms with Gasteiger partial charge in [-0.3, -0.25) is 9.78 Å². The highest BCUT2D eigenvalue weighted by molar-refractivity contribution is 6.05. The standard InChI is InChI=1S/C23H29N3O2/c27-23(21-10-4-8-20-9-5-11-24-22(20)21)26(18-19-6-2-1-3-7-19)13-12-25-14-16-28-17-15-25/h1-2,4-5,8-11,19H,3,6-7,12-18H2/p+1/t19-/m0/s1. The van der Waals surface area contributed by atoms with Gasteiger partial charge in [-0.1, -0.05) is 30.4 Å². The second kappa shape index (κ2) is 9.30. The molecule has 1 aliphatic heterocycles. The number of rotatable bonds is 6. The number of carbonyl (C=O) groups excluding carboxylic acids is 1. The molecule has 1 aromatic heterocycles. The quantitative estimate of drug-likeness (QED) is 0.780. The molecule has 0 spiro atoms. The van der Waals surface area contributed by atoms with E-state index >= 15 is 0 Å². The summed E-state index contributed by atoms with van der Waals surface area (Å²) >= 11 is 0. The molecule has 0 unspecified atom stereocenters. The van der Waals surface area contributed by atoms with Crippen LogP contribution in [0.1, 0.15) is 29.6 Å². The Kier molecular flexibility index (Phi) is 6.34. The van der Waals surface area contributed by atoms with Crippen molar-refractivity contribution in [2.24, 2.45) is 5.92 Å². The molecular weight excluding hydrogens is 350 g/mol. The zero-order chi connectivity index (χ0) is 19.2. The van der Waals surface area contributed by atoms with E-state index in [9.17, 15) is 4.79 Å². The Hall–Kier alpha value is -2.24. The van der Waals surface area contributed by atoms with Crippen LogP contribution in [0, 0.1) is 5.92 Å². The fraction of sp³-hybridized carbons (Fsp3) is 0.478.